The summed E-state index contributed by atoms with van der Waals surface area (Å²) >= 11 is 0. The van der Waals surface area contributed by atoms with Crippen LogP contribution in [0.15, 0.2) is 54.6 Å². The van der Waals surface area contributed by atoms with Crippen LogP contribution in [0.5, 0.6) is 5.75 Å². The molecule has 0 N–H and O–H groups in total. The Morgan fingerprint density at radius 2 is 1.75 bits per heavy atom. The van der Waals surface area contributed by atoms with Crippen molar-refractivity contribution in [2.75, 3.05) is 32.9 Å². The van der Waals surface area contributed by atoms with Gasteiger partial charge in [-0.1, -0.05) is 30.3 Å². The third-order valence-corrected chi connectivity index (χ3v) is 5.44. The van der Waals surface area contributed by atoms with E-state index in [2.05, 4.69) is 40.7 Å². The standard InChI is InChI=1S/C23H29N3O2/c1-19(25-14-17-27-18-15-25)23-24-21-11-5-6-12-22(21)26(23)13-7-8-16-28-20-9-3-2-4-10-20/h2-6,9-12,19H,7-8,13-18H2,1H3/t19-/m0/s1. The molecule has 0 saturated carbocycles. The summed E-state index contributed by atoms with van der Waals surface area (Å²) < 4.78 is 13.8. The second kappa shape index (κ2) is 9.22. The summed E-state index contributed by atoms with van der Waals surface area (Å²) in [6, 6.07) is 18.8. The minimum absolute atomic E-state index is 0.289. The zero-order valence-electron chi connectivity index (χ0n) is 16.6. The number of imidazole rings is 1. The first kappa shape index (κ1) is 19.0. The third-order valence-electron chi connectivity index (χ3n) is 5.44. The van der Waals surface area contributed by atoms with Crippen LogP contribution < -0.4 is 4.74 Å². The fraction of sp³-hybridized carbons (Fsp3) is 0.435. The highest BCUT2D eigenvalue weighted by Gasteiger charge is 2.23. The molecule has 1 saturated heterocycles. The fourth-order valence-electron chi connectivity index (χ4n) is 3.85. The lowest BCUT2D eigenvalue weighted by molar-refractivity contribution is 0.0176. The molecule has 1 aliphatic rings. The van der Waals surface area contributed by atoms with E-state index in [1.54, 1.807) is 0 Å². The Morgan fingerprint density at radius 1 is 1.00 bits per heavy atom. The molecule has 28 heavy (non-hydrogen) atoms. The molecule has 1 aliphatic heterocycles. The van der Waals surface area contributed by atoms with Crippen LogP contribution in [-0.4, -0.2) is 47.4 Å². The van der Waals surface area contributed by atoms with Gasteiger partial charge in [-0.2, -0.15) is 0 Å². The summed E-state index contributed by atoms with van der Waals surface area (Å²) in [5.74, 6) is 2.10. The summed E-state index contributed by atoms with van der Waals surface area (Å²) in [5, 5.41) is 0. The molecule has 0 bridgehead atoms. The van der Waals surface area contributed by atoms with Crippen LogP contribution in [0, 0.1) is 0 Å². The topological polar surface area (TPSA) is 39.5 Å². The monoisotopic (exact) mass is 379 g/mol. The van der Waals surface area contributed by atoms with Gasteiger partial charge < -0.3 is 14.0 Å². The summed E-state index contributed by atoms with van der Waals surface area (Å²) in [6.45, 7) is 7.52. The third kappa shape index (κ3) is 4.37. The lowest BCUT2D eigenvalue weighted by atomic mass is 10.2. The maximum atomic E-state index is 5.84. The Balaban J connectivity index is 1.42. The molecule has 148 valence electrons. The van der Waals surface area contributed by atoms with Gasteiger partial charge in [-0.25, -0.2) is 4.98 Å². The molecular weight excluding hydrogens is 350 g/mol. The number of unbranched alkanes of at least 4 members (excludes halogenated alkanes) is 1. The van der Waals surface area contributed by atoms with Crippen LogP contribution in [0.3, 0.4) is 0 Å². The van der Waals surface area contributed by atoms with E-state index in [1.165, 1.54) is 5.52 Å². The number of benzene rings is 2. The average molecular weight is 380 g/mol. The molecule has 1 aromatic heterocycles. The molecule has 1 fully saturated rings. The van der Waals surface area contributed by atoms with Gasteiger partial charge in [0.2, 0.25) is 0 Å². The van der Waals surface area contributed by atoms with Crippen molar-refractivity contribution in [1.29, 1.82) is 0 Å². The van der Waals surface area contributed by atoms with E-state index in [1.807, 2.05) is 30.3 Å². The van der Waals surface area contributed by atoms with Crippen LogP contribution in [0.25, 0.3) is 11.0 Å². The van der Waals surface area contributed by atoms with Gasteiger partial charge in [0.05, 0.1) is 36.9 Å². The molecule has 0 unspecified atom stereocenters. The van der Waals surface area contributed by atoms with Gasteiger partial charge in [-0.15, -0.1) is 0 Å². The van der Waals surface area contributed by atoms with Crippen molar-refractivity contribution in [2.45, 2.75) is 32.4 Å². The molecule has 1 atom stereocenters. The van der Waals surface area contributed by atoms with Crippen molar-refractivity contribution in [1.82, 2.24) is 14.5 Å². The second-order valence-corrected chi connectivity index (χ2v) is 7.30. The van der Waals surface area contributed by atoms with E-state index in [0.717, 1.165) is 69.4 Å². The van der Waals surface area contributed by atoms with Crippen LogP contribution in [0.2, 0.25) is 0 Å². The number of morpholine rings is 1. The molecule has 0 amide bonds. The number of aryl methyl sites for hydroxylation is 1. The van der Waals surface area contributed by atoms with Crippen molar-refractivity contribution in [2.24, 2.45) is 0 Å². The Morgan fingerprint density at radius 3 is 2.57 bits per heavy atom. The quantitative estimate of drug-likeness (QED) is 0.548. The zero-order chi connectivity index (χ0) is 19.2. The van der Waals surface area contributed by atoms with Gasteiger partial charge in [-0.3, -0.25) is 4.90 Å². The Bertz CT molecular complexity index is 872. The Hall–Kier alpha value is -2.37. The first-order valence-electron chi connectivity index (χ1n) is 10.3. The minimum atomic E-state index is 0.289. The highest BCUT2D eigenvalue weighted by Crippen LogP contribution is 2.26. The lowest BCUT2D eigenvalue weighted by Gasteiger charge is -2.32. The molecule has 0 spiro atoms. The molecule has 0 aliphatic carbocycles. The van der Waals surface area contributed by atoms with Gasteiger partial charge in [0, 0.05) is 19.6 Å². The normalized spacial score (nSPS) is 16.3. The molecule has 5 nitrogen and oxygen atoms in total. The van der Waals surface area contributed by atoms with E-state index >= 15 is 0 Å². The number of ether oxygens (including phenoxy) is 2. The highest BCUT2D eigenvalue weighted by atomic mass is 16.5. The van der Waals surface area contributed by atoms with Gasteiger partial charge in [-0.05, 0) is 44.0 Å². The number of rotatable bonds is 8. The summed E-state index contributed by atoms with van der Waals surface area (Å²) in [5.41, 5.74) is 2.31. The minimum Gasteiger partial charge on any atom is -0.494 e. The first-order valence-corrected chi connectivity index (χ1v) is 10.3. The molecule has 2 heterocycles. The number of fused-ring (bicyclic) bond motifs is 1. The van der Waals surface area contributed by atoms with E-state index in [9.17, 15) is 0 Å². The Kier molecular flexibility index (Phi) is 6.24. The summed E-state index contributed by atoms with van der Waals surface area (Å²) in [4.78, 5) is 7.46. The number of nitrogens with zero attached hydrogens (tertiary/aromatic N) is 3. The maximum absolute atomic E-state index is 5.84. The van der Waals surface area contributed by atoms with Crippen LogP contribution >= 0.6 is 0 Å². The largest absolute Gasteiger partial charge is 0.494 e. The van der Waals surface area contributed by atoms with Crippen molar-refractivity contribution in [3.05, 3.63) is 60.4 Å². The second-order valence-electron chi connectivity index (χ2n) is 7.30. The fourth-order valence-corrected chi connectivity index (χ4v) is 3.85. The van der Waals surface area contributed by atoms with E-state index < -0.39 is 0 Å². The highest BCUT2D eigenvalue weighted by molar-refractivity contribution is 5.76. The van der Waals surface area contributed by atoms with Crippen molar-refractivity contribution >= 4 is 11.0 Å². The zero-order valence-corrected chi connectivity index (χ0v) is 16.6. The number of hydrogen-bond donors (Lipinski definition) is 0. The van der Waals surface area contributed by atoms with Crippen molar-refractivity contribution in [3.8, 4) is 5.75 Å². The van der Waals surface area contributed by atoms with Crippen LogP contribution in [-0.2, 0) is 11.3 Å². The van der Waals surface area contributed by atoms with E-state index in [4.69, 9.17) is 14.5 Å². The first-order chi connectivity index (χ1) is 13.8. The molecule has 0 radical (unpaired) electrons. The van der Waals surface area contributed by atoms with Gasteiger partial charge in [0.1, 0.15) is 11.6 Å². The lowest BCUT2D eigenvalue weighted by Crippen LogP contribution is -2.39. The maximum Gasteiger partial charge on any atom is 0.127 e. The number of aromatic nitrogens is 2. The molecule has 2 aromatic carbocycles. The molecule has 3 aromatic rings. The molecule has 5 heteroatoms. The summed E-state index contributed by atoms with van der Waals surface area (Å²) in [6.07, 6.45) is 2.09. The molecular formula is C23H29N3O2. The van der Waals surface area contributed by atoms with Crippen molar-refractivity contribution < 1.29 is 9.47 Å². The van der Waals surface area contributed by atoms with Gasteiger partial charge in [0.15, 0.2) is 0 Å². The van der Waals surface area contributed by atoms with Gasteiger partial charge >= 0.3 is 0 Å². The number of hydrogen-bond acceptors (Lipinski definition) is 4. The van der Waals surface area contributed by atoms with Crippen molar-refractivity contribution in [3.63, 3.8) is 0 Å². The Labute approximate surface area is 166 Å². The predicted molar refractivity (Wildman–Crippen MR) is 112 cm³/mol. The van der Waals surface area contributed by atoms with E-state index in [0.29, 0.717) is 0 Å². The average Bonchev–Trinajstić information content (AvgIpc) is 3.13. The van der Waals surface area contributed by atoms with Crippen LogP contribution in [0.4, 0.5) is 0 Å². The van der Waals surface area contributed by atoms with E-state index in [-0.39, 0.29) is 6.04 Å². The SMILES string of the molecule is C[C@@H](c1nc2ccccc2n1CCCCOc1ccccc1)N1CCOCC1. The number of para-hydroxylation sites is 3. The van der Waals surface area contributed by atoms with Gasteiger partial charge in [0.25, 0.3) is 0 Å². The predicted octanol–water partition coefficient (Wildman–Crippen LogP) is 4.29. The van der Waals surface area contributed by atoms with Crippen LogP contribution in [0.1, 0.15) is 31.6 Å². The smallest absolute Gasteiger partial charge is 0.127 e. The summed E-state index contributed by atoms with van der Waals surface area (Å²) in [7, 11) is 0. The molecule has 4 rings (SSSR count).